The Labute approximate surface area is 202 Å². The van der Waals surface area contributed by atoms with Crippen molar-refractivity contribution in [2.24, 2.45) is 5.10 Å². The van der Waals surface area contributed by atoms with Gasteiger partial charge in [-0.2, -0.15) is 5.10 Å². The van der Waals surface area contributed by atoms with Crippen LogP contribution in [0.2, 0.25) is 0 Å². The van der Waals surface area contributed by atoms with Gasteiger partial charge in [-0.1, -0.05) is 44.4 Å². The molecule has 5 heteroatoms. The number of para-hydroxylation sites is 1. The molecular formula is C29H32N2O3. The predicted molar refractivity (Wildman–Crippen MR) is 135 cm³/mol. The maximum atomic E-state index is 6.48. The van der Waals surface area contributed by atoms with Crippen LogP contribution in [-0.2, 0) is 0 Å². The van der Waals surface area contributed by atoms with E-state index in [1.165, 1.54) is 24.8 Å². The van der Waals surface area contributed by atoms with Crippen molar-refractivity contribution >= 4 is 5.71 Å². The lowest BCUT2D eigenvalue weighted by atomic mass is 9.96. The third kappa shape index (κ3) is 4.60. The molecule has 0 saturated heterocycles. The van der Waals surface area contributed by atoms with Crippen LogP contribution in [0.4, 0.5) is 0 Å². The highest BCUT2D eigenvalue weighted by atomic mass is 16.5. The quantitative estimate of drug-likeness (QED) is 0.329. The third-order valence-electron chi connectivity index (χ3n) is 6.55. The number of hydrogen-bond donors (Lipinski definition) is 0. The van der Waals surface area contributed by atoms with Crippen molar-refractivity contribution in [1.82, 2.24) is 5.01 Å². The van der Waals surface area contributed by atoms with Gasteiger partial charge in [-0.3, -0.25) is 0 Å². The number of unbranched alkanes of at least 4 members (excludes halogenated alkanes) is 3. The van der Waals surface area contributed by atoms with Crippen molar-refractivity contribution in [3.05, 3.63) is 89.5 Å². The Morgan fingerprint density at radius 2 is 1.68 bits per heavy atom. The van der Waals surface area contributed by atoms with Gasteiger partial charge < -0.3 is 14.2 Å². The minimum atomic E-state index is -0.283. The molecule has 0 saturated carbocycles. The summed E-state index contributed by atoms with van der Waals surface area (Å²) in [4.78, 5) is 0. The molecule has 0 amide bonds. The molecule has 3 aromatic rings. The number of benzene rings is 3. The molecule has 0 radical (unpaired) electrons. The van der Waals surface area contributed by atoms with E-state index in [1.807, 2.05) is 30.3 Å². The lowest BCUT2D eigenvalue weighted by Gasteiger charge is -2.38. The normalized spacial score (nSPS) is 18.5. The summed E-state index contributed by atoms with van der Waals surface area (Å²) in [5.41, 5.74) is 4.42. The molecular weight excluding hydrogens is 424 g/mol. The Kier molecular flexibility index (Phi) is 6.70. The maximum Gasteiger partial charge on any atom is 0.213 e. The Morgan fingerprint density at radius 1 is 0.912 bits per heavy atom. The van der Waals surface area contributed by atoms with E-state index in [0.717, 1.165) is 53.5 Å². The average molecular weight is 457 g/mol. The zero-order valence-electron chi connectivity index (χ0n) is 19.9. The van der Waals surface area contributed by atoms with Crippen molar-refractivity contribution in [3.8, 4) is 17.2 Å². The number of hydrogen-bond acceptors (Lipinski definition) is 5. The van der Waals surface area contributed by atoms with Crippen molar-refractivity contribution in [3.63, 3.8) is 0 Å². The highest BCUT2D eigenvalue weighted by Gasteiger charge is 2.40. The Bertz CT molecular complexity index is 1120. The van der Waals surface area contributed by atoms with E-state index in [2.05, 4.69) is 54.4 Å². The van der Waals surface area contributed by atoms with Gasteiger partial charge in [-0.25, -0.2) is 5.01 Å². The molecule has 0 spiro atoms. The summed E-state index contributed by atoms with van der Waals surface area (Å²) in [7, 11) is 1.68. The van der Waals surface area contributed by atoms with Gasteiger partial charge in [0.2, 0.25) is 6.23 Å². The summed E-state index contributed by atoms with van der Waals surface area (Å²) in [6.07, 6.45) is 5.36. The highest BCUT2D eigenvalue weighted by Crippen LogP contribution is 2.47. The van der Waals surface area contributed by atoms with Gasteiger partial charge in [0.15, 0.2) is 0 Å². The molecule has 2 aliphatic heterocycles. The molecule has 0 aromatic heterocycles. The van der Waals surface area contributed by atoms with Gasteiger partial charge in [-0.15, -0.1) is 0 Å². The van der Waals surface area contributed by atoms with Crippen LogP contribution < -0.4 is 14.2 Å². The van der Waals surface area contributed by atoms with Gasteiger partial charge >= 0.3 is 0 Å². The second-order valence-electron chi connectivity index (χ2n) is 8.86. The predicted octanol–water partition coefficient (Wildman–Crippen LogP) is 6.90. The monoisotopic (exact) mass is 456 g/mol. The molecule has 34 heavy (non-hydrogen) atoms. The molecule has 3 aromatic carbocycles. The fraction of sp³-hybridized carbons (Fsp3) is 0.345. The lowest BCUT2D eigenvalue weighted by molar-refractivity contribution is -0.0190. The summed E-state index contributed by atoms with van der Waals surface area (Å²) in [5.74, 6) is 2.67. The summed E-state index contributed by atoms with van der Waals surface area (Å²) >= 11 is 0. The molecule has 0 unspecified atom stereocenters. The van der Waals surface area contributed by atoms with Gasteiger partial charge in [0.05, 0.1) is 25.5 Å². The first-order valence-electron chi connectivity index (χ1n) is 12.3. The van der Waals surface area contributed by atoms with Crippen LogP contribution in [0.1, 0.15) is 68.0 Å². The number of ether oxygens (including phenoxy) is 3. The minimum absolute atomic E-state index is 0.140. The molecule has 2 atom stereocenters. The summed E-state index contributed by atoms with van der Waals surface area (Å²) in [6, 6.07) is 24.8. The molecule has 5 nitrogen and oxygen atoms in total. The van der Waals surface area contributed by atoms with Crippen LogP contribution in [0.3, 0.4) is 0 Å². The van der Waals surface area contributed by atoms with Crippen molar-refractivity contribution in [2.45, 2.75) is 51.3 Å². The van der Waals surface area contributed by atoms with Crippen LogP contribution in [0.15, 0.2) is 77.9 Å². The van der Waals surface area contributed by atoms with Crippen LogP contribution >= 0.6 is 0 Å². The number of fused-ring (bicyclic) bond motifs is 3. The fourth-order valence-electron chi connectivity index (χ4n) is 4.66. The number of methoxy groups -OCH3 is 1. The van der Waals surface area contributed by atoms with E-state index in [4.69, 9.17) is 19.3 Å². The largest absolute Gasteiger partial charge is 0.497 e. The van der Waals surface area contributed by atoms with E-state index in [9.17, 15) is 0 Å². The van der Waals surface area contributed by atoms with E-state index < -0.39 is 0 Å². The smallest absolute Gasteiger partial charge is 0.213 e. The van der Waals surface area contributed by atoms with Crippen LogP contribution in [-0.4, -0.2) is 24.4 Å². The molecule has 0 fully saturated rings. The topological polar surface area (TPSA) is 43.3 Å². The number of nitrogens with zero attached hydrogens (tertiary/aromatic N) is 2. The van der Waals surface area contributed by atoms with E-state index in [-0.39, 0.29) is 12.3 Å². The summed E-state index contributed by atoms with van der Waals surface area (Å²) < 4.78 is 17.7. The van der Waals surface area contributed by atoms with E-state index in [1.54, 1.807) is 7.11 Å². The molecule has 2 aliphatic rings. The zero-order valence-corrected chi connectivity index (χ0v) is 19.9. The molecule has 0 aliphatic carbocycles. The van der Waals surface area contributed by atoms with Gasteiger partial charge in [0.25, 0.3) is 0 Å². The van der Waals surface area contributed by atoms with Crippen molar-refractivity contribution in [1.29, 1.82) is 0 Å². The Morgan fingerprint density at radius 3 is 2.44 bits per heavy atom. The van der Waals surface area contributed by atoms with Gasteiger partial charge in [-0.05, 0) is 66.6 Å². The number of hydrazone groups is 1. The zero-order chi connectivity index (χ0) is 23.3. The minimum Gasteiger partial charge on any atom is -0.497 e. The maximum absolute atomic E-state index is 6.48. The molecule has 0 bridgehead atoms. The molecule has 176 valence electrons. The standard InChI is InChI=1S/C29H32N2O3/c1-3-4-5-8-19-33-24-17-13-22(14-18-24)29-31-27(25-9-6-7-10-28(25)34-29)20-26(30-31)21-11-15-23(32-2)16-12-21/h6-7,9-18,27,29H,3-5,8,19-20H2,1-2H3/t27-,29+/m0/s1. The summed E-state index contributed by atoms with van der Waals surface area (Å²) in [5, 5.41) is 7.16. The average Bonchev–Trinajstić information content (AvgIpc) is 3.34. The van der Waals surface area contributed by atoms with Crippen molar-refractivity contribution < 1.29 is 14.2 Å². The Balaban J connectivity index is 1.37. The first kappa shape index (κ1) is 22.3. The van der Waals surface area contributed by atoms with E-state index in [0.29, 0.717) is 0 Å². The first-order valence-corrected chi connectivity index (χ1v) is 12.3. The summed E-state index contributed by atoms with van der Waals surface area (Å²) in [6.45, 7) is 2.98. The van der Waals surface area contributed by atoms with Gasteiger partial charge in [0, 0.05) is 17.5 Å². The highest BCUT2D eigenvalue weighted by molar-refractivity contribution is 6.02. The molecule has 2 heterocycles. The second-order valence-corrected chi connectivity index (χ2v) is 8.86. The van der Waals surface area contributed by atoms with Crippen LogP contribution in [0.25, 0.3) is 0 Å². The lowest BCUT2D eigenvalue weighted by Crippen LogP contribution is -2.33. The van der Waals surface area contributed by atoms with Crippen LogP contribution in [0.5, 0.6) is 17.2 Å². The van der Waals surface area contributed by atoms with E-state index >= 15 is 0 Å². The fourth-order valence-corrected chi connectivity index (χ4v) is 4.66. The number of rotatable bonds is 9. The molecule has 0 N–H and O–H groups in total. The molecule has 5 rings (SSSR count). The first-order chi connectivity index (χ1) is 16.8. The van der Waals surface area contributed by atoms with Gasteiger partial charge in [0.1, 0.15) is 17.2 Å². The second kappa shape index (κ2) is 10.2. The third-order valence-corrected chi connectivity index (χ3v) is 6.55. The SMILES string of the molecule is CCCCCCOc1ccc([C@H]2Oc3ccccc3[C@@H]3CC(c4ccc(OC)cc4)=NN23)cc1. The Hall–Kier alpha value is -3.47. The van der Waals surface area contributed by atoms with Crippen LogP contribution in [0, 0.1) is 0 Å². The van der Waals surface area contributed by atoms with Crippen molar-refractivity contribution in [2.75, 3.05) is 13.7 Å².